The van der Waals surface area contributed by atoms with Crippen molar-refractivity contribution in [2.75, 3.05) is 0 Å². The number of rotatable bonds is 6. The molecule has 29 heavy (non-hydrogen) atoms. The first-order valence-electron chi connectivity index (χ1n) is 8.84. The highest BCUT2D eigenvalue weighted by Gasteiger charge is 2.32. The molecule has 4 nitrogen and oxygen atoms in total. The van der Waals surface area contributed by atoms with Crippen LogP contribution in [0.3, 0.4) is 0 Å². The maximum atomic E-state index is 12.8. The van der Waals surface area contributed by atoms with E-state index in [1.54, 1.807) is 17.2 Å². The van der Waals surface area contributed by atoms with E-state index in [0.29, 0.717) is 38.9 Å². The zero-order valence-corrected chi connectivity index (χ0v) is 17.6. The summed E-state index contributed by atoms with van der Waals surface area (Å²) in [5, 5.41) is 0.686. The molecule has 2 heterocycles. The first-order chi connectivity index (χ1) is 14.1. The molecule has 1 aromatic heterocycles. The third-order valence-corrected chi connectivity index (χ3v) is 5.91. The summed E-state index contributed by atoms with van der Waals surface area (Å²) in [4.78, 5) is 14.9. The molecule has 1 saturated heterocycles. The second kappa shape index (κ2) is 8.86. The monoisotopic (exact) mass is 441 g/mol. The third kappa shape index (κ3) is 4.72. The van der Waals surface area contributed by atoms with Gasteiger partial charge in [-0.2, -0.15) is 0 Å². The Balaban J connectivity index is 1.51. The summed E-state index contributed by atoms with van der Waals surface area (Å²) in [6.07, 6.45) is 3.40. The highest BCUT2D eigenvalue weighted by Crippen LogP contribution is 2.35. The van der Waals surface area contributed by atoms with Gasteiger partial charge in [0.05, 0.1) is 17.7 Å². The molecule has 0 unspecified atom stereocenters. The van der Waals surface area contributed by atoms with Crippen molar-refractivity contribution in [2.45, 2.75) is 13.2 Å². The molecule has 4 rings (SSSR count). The molecule has 3 aromatic rings. The first-order valence-corrected chi connectivity index (χ1v) is 10.4. The number of amides is 1. The van der Waals surface area contributed by atoms with Crippen LogP contribution in [0.2, 0.25) is 5.02 Å². The topological polar surface area (TPSA) is 42.7 Å². The van der Waals surface area contributed by atoms with Gasteiger partial charge in [-0.1, -0.05) is 65.9 Å². The predicted molar refractivity (Wildman–Crippen MR) is 120 cm³/mol. The van der Waals surface area contributed by atoms with Gasteiger partial charge in [0.2, 0.25) is 0 Å². The number of nitrogens with zero attached hydrogens (tertiary/aromatic N) is 1. The summed E-state index contributed by atoms with van der Waals surface area (Å²) in [5.74, 6) is 1.25. The molecule has 1 aliphatic rings. The Kier molecular flexibility index (Phi) is 6.04. The lowest BCUT2D eigenvalue weighted by atomic mass is 10.1. The van der Waals surface area contributed by atoms with Crippen molar-refractivity contribution in [1.82, 2.24) is 4.90 Å². The van der Waals surface area contributed by atoms with Gasteiger partial charge < -0.3 is 9.15 Å². The third-order valence-electron chi connectivity index (χ3n) is 4.28. The maximum absolute atomic E-state index is 12.8. The minimum atomic E-state index is -0.135. The molecule has 146 valence electrons. The maximum Gasteiger partial charge on any atom is 0.266 e. The van der Waals surface area contributed by atoms with Crippen molar-refractivity contribution in [3.63, 3.8) is 0 Å². The molecule has 1 amide bonds. The van der Waals surface area contributed by atoms with Crippen LogP contribution in [-0.4, -0.2) is 15.1 Å². The van der Waals surface area contributed by atoms with Crippen LogP contribution in [0.1, 0.15) is 16.9 Å². The summed E-state index contributed by atoms with van der Waals surface area (Å²) in [7, 11) is 0. The van der Waals surface area contributed by atoms with E-state index in [1.165, 1.54) is 11.8 Å². The predicted octanol–water partition coefficient (Wildman–Crippen LogP) is 5.91. The van der Waals surface area contributed by atoms with Crippen molar-refractivity contribution in [1.29, 1.82) is 0 Å². The molecular formula is C22H16ClNO3S2. The first kappa shape index (κ1) is 19.8. The Hall–Kier alpha value is -2.54. The summed E-state index contributed by atoms with van der Waals surface area (Å²) >= 11 is 12.6. The van der Waals surface area contributed by atoms with Crippen molar-refractivity contribution in [3.05, 3.63) is 93.7 Å². The van der Waals surface area contributed by atoms with Gasteiger partial charge in [-0.25, -0.2) is 0 Å². The summed E-state index contributed by atoms with van der Waals surface area (Å²) in [6, 6.07) is 18.7. The van der Waals surface area contributed by atoms with Crippen molar-refractivity contribution >= 4 is 51.9 Å². The number of thiocarbonyl (C=S) groups is 1. The zero-order valence-electron chi connectivity index (χ0n) is 15.2. The average molecular weight is 442 g/mol. The standard InChI is InChI=1S/C22H16ClNO3S2/c23-17-9-7-15(8-10-17)14-27-19-6-2-1-4-16(19)12-20-21(25)24(22(28)29-20)13-18-5-3-11-26-18/h1-12H,13-14H2. The van der Waals surface area contributed by atoms with Crippen LogP contribution in [0.25, 0.3) is 6.08 Å². The van der Waals surface area contributed by atoms with E-state index >= 15 is 0 Å². The molecule has 1 aliphatic heterocycles. The summed E-state index contributed by atoms with van der Waals surface area (Å²) < 4.78 is 11.8. The lowest BCUT2D eigenvalue weighted by molar-refractivity contribution is -0.122. The number of thioether (sulfide) groups is 1. The van der Waals surface area contributed by atoms with Crippen LogP contribution >= 0.6 is 35.6 Å². The second-order valence-electron chi connectivity index (χ2n) is 6.30. The van der Waals surface area contributed by atoms with Gasteiger partial charge in [0, 0.05) is 10.6 Å². The Morgan fingerprint density at radius 3 is 2.66 bits per heavy atom. The lowest BCUT2D eigenvalue weighted by Crippen LogP contribution is -2.27. The van der Waals surface area contributed by atoms with Crippen LogP contribution in [-0.2, 0) is 17.9 Å². The molecule has 0 atom stereocenters. The molecule has 0 aliphatic carbocycles. The van der Waals surface area contributed by atoms with E-state index in [0.717, 1.165) is 11.1 Å². The molecule has 0 radical (unpaired) electrons. The average Bonchev–Trinajstić information content (AvgIpc) is 3.33. The Morgan fingerprint density at radius 1 is 1.10 bits per heavy atom. The summed E-state index contributed by atoms with van der Waals surface area (Å²) in [5.41, 5.74) is 1.83. The largest absolute Gasteiger partial charge is 0.488 e. The van der Waals surface area contributed by atoms with Gasteiger partial charge in [0.1, 0.15) is 22.4 Å². The van der Waals surface area contributed by atoms with E-state index in [1.807, 2.05) is 60.7 Å². The number of carbonyl (C=O) groups is 1. The molecule has 7 heteroatoms. The van der Waals surface area contributed by atoms with Crippen LogP contribution in [0.4, 0.5) is 0 Å². The fourth-order valence-electron chi connectivity index (χ4n) is 2.81. The highest BCUT2D eigenvalue weighted by atomic mass is 35.5. The van der Waals surface area contributed by atoms with E-state index in [2.05, 4.69) is 0 Å². The minimum Gasteiger partial charge on any atom is -0.488 e. The number of para-hydroxylation sites is 1. The lowest BCUT2D eigenvalue weighted by Gasteiger charge is -2.12. The molecule has 0 N–H and O–H groups in total. The number of hydrogen-bond acceptors (Lipinski definition) is 5. The second-order valence-corrected chi connectivity index (χ2v) is 8.41. The van der Waals surface area contributed by atoms with E-state index < -0.39 is 0 Å². The number of benzene rings is 2. The number of ether oxygens (including phenoxy) is 1. The SMILES string of the molecule is O=C1C(=Cc2ccccc2OCc2ccc(Cl)cc2)SC(=S)N1Cc1ccco1. The van der Waals surface area contributed by atoms with Gasteiger partial charge in [0.15, 0.2) is 0 Å². The van der Waals surface area contributed by atoms with Crippen molar-refractivity contribution < 1.29 is 13.9 Å². The van der Waals surface area contributed by atoms with Crippen molar-refractivity contribution in [2.24, 2.45) is 0 Å². The number of halogens is 1. The number of furan rings is 1. The van der Waals surface area contributed by atoms with E-state index in [4.69, 9.17) is 33.0 Å². The van der Waals surface area contributed by atoms with Crippen LogP contribution in [0, 0.1) is 0 Å². The highest BCUT2D eigenvalue weighted by molar-refractivity contribution is 8.26. The summed E-state index contributed by atoms with van der Waals surface area (Å²) in [6.45, 7) is 0.727. The van der Waals surface area contributed by atoms with Crippen LogP contribution < -0.4 is 4.74 Å². The molecule has 0 bridgehead atoms. The number of hydrogen-bond donors (Lipinski definition) is 0. The minimum absolute atomic E-state index is 0.135. The molecule has 1 fully saturated rings. The van der Waals surface area contributed by atoms with Gasteiger partial charge >= 0.3 is 0 Å². The number of carbonyl (C=O) groups excluding carboxylic acids is 1. The van der Waals surface area contributed by atoms with Crippen LogP contribution in [0.15, 0.2) is 76.2 Å². The zero-order chi connectivity index (χ0) is 20.2. The van der Waals surface area contributed by atoms with Gasteiger partial charge in [-0.05, 0) is 42.0 Å². The fraction of sp³-hybridized carbons (Fsp3) is 0.0909. The fourth-order valence-corrected chi connectivity index (χ4v) is 4.18. The van der Waals surface area contributed by atoms with E-state index in [-0.39, 0.29) is 5.91 Å². The quantitative estimate of drug-likeness (QED) is 0.351. The van der Waals surface area contributed by atoms with Gasteiger partial charge in [0.25, 0.3) is 5.91 Å². The molecule has 0 spiro atoms. The molecular weight excluding hydrogens is 426 g/mol. The molecule has 0 saturated carbocycles. The van der Waals surface area contributed by atoms with E-state index in [9.17, 15) is 4.79 Å². The van der Waals surface area contributed by atoms with Gasteiger partial charge in [-0.15, -0.1) is 0 Å². The Morgan fingerprint density at radius 2 is 1.90 bits per heavy atom. The normalized spacial score (nSPS) is 15.3. The van der Waals surface area contributed by atoms with Crippen LogP contribution in [0.5, 0.6) is 5.75 Å². The van der Waals surface area contributed by atoms with Gasteiger partial charge in [-0.3, -0.25) is 9.69 Å². The van der Waals surface area contributed by atoms with Crippen molar-refractivity contribution in [3.8, 4) is 5.75 Å². The Labute approximate surface area is 183 Å². The smallest absolute Gasteiger partial charge is 0.266 e. The Bertz CT molecular complexity index is 1060. The molecule has 2 aromatic carbocycles.